The van der Waals surface area contributed by atoms with Crippen molar-refractivity contribution in [3.8, 4) is 0 Å². The molecule has 0 bridgehead atoms. The first-order chi connectivity index (χ1) is 14.4. The Morgan fingerprint density at radius 3 is 2.70 bits per heavy atom. The summed E-state index contributed by atoms with van der Waals surface area (Å²) in [5, 5.41) is 0. The molecule has 0 saturated heterocycles. The van der Waals surface area contributed by atoms with Crippen LogP contribution in [0.15, 0.2) is 71.0 Å². The van der Waals surface area contributed by atoms with Crippen LogP contribution in [0.25, 0.3) is 6.08 Å². The molecule has 3 aliphatic rings. The van der Waals surface area contributed by atoms with Crippen LogP contribution in [0.3, 0.4) is 0 Å². The fourth-order valence-corrected chi connectivity index (χ4v) is 5.01. The van der Waals surface area contributed by atoms with E-state index in [1.54, 1.807) is 12.0 Å². The van der Waals surface area contributed by atoms with Crippen molar-refractivity contribution in [2.45, 2.75) is 39.4 Å². The molecule has 1 aromatic rings. The quantitative estimate of drug-likeness (QED) is 0.709. The van der Waals surface area contributed by atoms with Gasteiger partial charge in [0.2, 0.25) is 0 Å². The largest absolute Gasteiger partial charge is 0.375 e. The lowest BCUT2D eigenvalue weighted by molar-refractivity contribution is -0.123. The minimum atomic E-state index is -0.112. The Bertz CT molecular complexity index is 956. The third kappa shape index (κ3) is 3.38. The van der Waals surface area contributed by atoms with Crippen LogP contribution in [0.2, 0.25) is 0 Å². The number of allylic oxidation sites excluding steroid dienone is 3. The third-order valence-corrected chi connectivity index (χ3v) is 7.18. The third-order valence-electron chi connectivity index (χ3n) is 7.18. The number of ether oxygens (including phenoxy) is 2. The van der Waals surface area contributed by atoms with Gasteiger partial charge < -0.3 is 14.4 Å². The van der Waals surface area contributed by atoms with Gasteiger partial charge in [0.1, 0.15) is 6.10 Å². The van der Waals surface area contributed by atoms with E-state index in [-0.39, 0.29) is 29.4 Å². The summed E-state index contributed by atoms with van der Waals surface area (Å²) in [5.74, 6) is 0.348. The number of fused-ring (bicyclic) bond motifs is 2. The highest BCUT2D eigenvalue weighted by Gasteiger charge is 2.50. The molecule has 0 saturated carbocycles. The average Bonchev–Trinajstić information content (AvgIpc) is 2.95. The molecule has 4 heteroatoms. The van der Waals surface area contributed by atoms with Crippen molar-refractivity contribution in [2.24, 2.45) is 11.3 Å². The van der Waals surface area contributed by atoms with Gasteiger partial charge in [-0.15, -0.1) is 0 Å². The van der Waals surface area contributed by atoms with Gasteiger partial charge in [0.15, 0.2) is 0 Å². The lowest BCUT2D eigenvalue weighted by Crippen LogP contribution is -2.49. The van der Waals surface area contributed by atoms with Gasteiger partial charge >= 0.3 is 0 Å². The molecular formula is C26H31NO3. The van der Waals surface area contributed by atoms with E-state index in [1.807, 2.05) is 32.2 Å². The topological polar surface area (TPSA) is 38.8 Å². The molecule has 0 N–H and O–H groups in total. The van der Waals surface area contributed by atoms with Gasteiger partial charge in [-0.1, -0.05) is 56.3 Å². The van der Waals surface area contributed by atoms with Crippen LogP contribution in [-0.2, 0) is 14.3 Å². The van der Waals surface area contributed by atoms with E-state index in [4.69, 9.17) is 9.47 Å². The van der Waals surface area contributed by atoms with E-state index in [9.17, 15) is 4.79 Å². The highest BCUT2D eigenvalue weighted by atomic mass is 16.5. The molecule has 4 atom stereocenters. The van der Waals surface area contributed by atoms with Gasteiger partial charge in [0, 0.05) is 30.8 Å². The van der Waals surface area contributed by atoms with E-state index >= 15 is 0 Å². The number of nitrogens with zero attached hydrogens (tertiary/aromatic N) is 1. The van der Waals surface area contributed by atoms with Gasteiger partial charge in [0.05, 0.1) is 12.7 Å². The number of likely N-dealkylation sites (N-methyl/N-ethyl adjacent to an activating group) is 1. The number of methoxy groups -OCH3 is 1. The number of amides is 1. The van der Waals surface area contributed by atoms with Crippen LogP contribution in [-0.4, -0.2) is 43.8 Å². The number of carbonyl (C=O) groups excluding carboxylic acids is 1. The number of hydrogen-bond donors (Lipinski definition) is 0. The van der Waals surface area contributed by atoms with E-state index in [1.165, 1.54) is 11.1 Å². The predicted octanol–water partition coefficient (Wildman–Crippen LogP) is 4.76. The van der Waals surface area contributed by atoms with Crippen LogP contribution in [0.4, 0.5) is 0 Å². The first kappa shape index (κ1) is 20.8. The van der Waals surface area contributed by atoms with Crippen LogP contribution in [0.1, 0.15) is 32.8 Å². The van der Waals surface area contributed by atoms with Gasteiger partial charge in [-0.25, -0.2) is 0 Å². The van der Waals surface area contributed by atoms with E-state index in [0.29, 0.717) is 6.61 Å². The Morgan fingerprint density at radius 2 is 2.00 bits per heavy atom. The van der Waals surface area contributed by atoms with E-state index < -0.39 is 0 Å². The Kier molecular flexibility index (Phi) is 5.56. The minimum absolute atomic E-state index is 0.0464. The molecule has 0 spiro atoms. The van der Waals surface area contributed by atoms with Crippen LogP contribution in [0, 0.1) is 11.3 Å². The molecule has 1 amide bonds. The van der Waals surface area contributed by atoms with Crippen molar-refractivity contribution in [2.75, 3.05) is 20.8 Å². The molecule has 1 aromatic carbocycles. The van der Waals surface area contributed by atoms with Crippen molar-refractivity contribution < 1.29 is 14.3 Å². The maximum Gasteiger partial charge on any atom is 0.254 e. The number of benzene rings is 1. The van der Waals surface area contributed by atoms with E-state index in [2.05, 4.69) is 50.3 Å². The SMILES string of the molecule is CO[C@@H]1C=C2C=C3C(=C(C)C(=O)N3C)C[C@]2(C)[C@@H](C)[C@H]1OCC=Cc1ccccc1. The van der Waals surface area contributed by atoms with Gasteiger partial charge in [-0.3, -0.25) is 4.79 Å². The minimum Gasteiger partial charge on any atom is -0.375 e. The summed E-state index contributed by atoms with van der Waals surface area (Å²) in [6.07, 6.45) is 9.22. The molecule has 4 nitrogen and oxygen atoms in total. The van der Waals surface area contributed by atoms with Crippen molar-refractivity contribution >= 4 is 12.0 Å². The van der Waals surface area contributed by atoms with Crippen molar-refractivity contribution in [1.29, 1.82) is 0 Å². The molecule has 4 rings (SSSR count). The summed E-state index contributed by atoms with van der Waals surface area (Å²) in [4.78, 5) is 14.3. The summed E-state index contributed by atoms with van der Waals surface area (Å²) in [6, 6.07) is 10.2. The fourth-order valence-electron chi connectivity index (χ4n) is 5.01. The molecule has 1 aliphatic heterocycles. The molecule has 1 heterocycles. The zero-order chi connectivity index (χ0) is 21.5. The molecule has 30 heavy (non-hydrogen) atoms. The van der Waals surface area contributed by atoms with Gasteiger partial charge in [-0.2, -0.15) is 0 Å². The second-order valence-corrected chi connectivity index (χ2v) is 8.81. The molecular weight excluding hydrogens is 374 g/mol. The fraction of sp³-hybridized carbons (Fsp3) is 0.423. The monoisotopic (exact) mass is 405 g/mol. The number of rotatable bonds is 5. The summed E-state index contributed by atoms with van der Waals surface area (Å²) >= 11 is 0. The Morgan fingerprint density at radius 1 is 1.27 bits per heavy atom. The predicted molar refractivity (Wildman–Crippen MR) is 120 cm³/mol. The molecule has 0 aromatic heterocycles. The average molecular weight is 406 g/mol. The van der Waals surface area contributed by atoms with Crippen molar-refractivity contribution in [3.05, 3.63) is 76.5 Å². The Labute approximate surface area is 179 Å². The summed E-state index contributed by atoms with van der Waals surface area (Å²) in [5.41, 5.74) is 5.40. The highest BCUT2D eigenvalue weighted by molar-refractivity contribution is 6.00. The maximum absolute atomic E-state index is 12.5. The smallest absolute Gasteiger partial charge is 0.254 e. The van der Waals surface area contributed by atoms with Crippen molar-refractivity contribution in [3.63, 3.8) is 0 Å². The van der Waals surface area contributed by atoms with Crippen LogP contribution < -0.4 is 0 Å². The maximum atomic E-state index is 12.5. The summed E-state index contributed by atoms with van der Waals surface area (Å²) < 4.78 is 12.2. The highest BCUT2D eigenvalue weighted by Crippen LogP contribution is 2.54. The molecule has 158 valence electrons. The number of carbonyl (C=O) groups is 1. The zero-order valence-electron chi connectivity index (χ0n) is 18.5. The van der Waals surface area contributed by atoms with Gasteiger partial charge in [-0.05, 0) is 48.1 Å². The summed E-state index contributed by atoms with van der Waals surface area (Å²) in [7, 11) is 3.60. The van der Waals surface area contributed by atoms with Crippen molar-refractivity contribution in [1.82, 2.24) is 4.90 Å². The molecule has 0 fully saturated rings. The summed E-state index contributed by atoms with van der Waals surface area (Å²) in [6.45, 7) is 7.02. The molecule has 0 unspecified atom stereocenters. The normalized spacial score (nSPS) is 31.0. The number of hydrogen-bond acceptors (Lipinski definition) is 3. The van der Waals surface area contributed by atoms with Crippen LogP contribution in [0.5, 0.6) is 0 Å². The first-order valence-corrected chi connectivity index (χ1v) is 10.6. The lowest BCUT2D eigenvalue weighted by atomic mass is 9.59. The standard InChI is InChI=1S/C26H31NO3/c1-17-21-16-26(3)18(2)24(30-13-9-12-19-10-7-6-8-11-19)23(29-5)15-20(26)14-22(21)27(4)25(17)28/h6-12,14-15,18,23-24H,13,16H2,1-5H3/t18-,23+,24+,26+/m0/s1. The Hall–Kier alpha value is -2.43. The molecule has 0 radical (unpaired) electrons. The lowest BCUT2D eigenvalue weighted by Gasteiger charge is -2.49. The van der Waals surface area contributed by atoms with Gasteiger partial charge in [0.25, 0.3) is 5.91 Å². The van der Waals surface area contributed by atoms with E-state index in [0.717, 1.165) is 23.3 Å². The second-order valence-electron chi connectivity index (χ2n) is 8.81. The van der Waals surface area contributed by atoms with Crippen LogP contribution >= 0.6 is 0 Å². The first-order valence-electron chi connectivity index (χ1n) is 10.6. The second kappa shape index (κ2) is 8.01. The Balaban J connectivity index is 1.58. The zero-order valence-corrected chi connectivity index (χ0v) is 18.5. The molecule has 2 aliphatic carbocycles.